The van der Waals surface area contributed by atoms with E-state index in [-0.39, 0.29) is 12.0 Å². The summed E-state index contributed by atoms with van der Waals surface area (Å²) in [5.74, 6) is -0.847. The second kappa shape index (κ2) is 9.01. The zero-order valence-electron chi connectivity index (χ0n) is 18.1. The van der Waals surface area contributed by atoms with E-state index in [1.165, 1.54) is 16.2 Å². The first-order chi connectivity index (χ1) is 14.6. The lowest BCUT2D eigenvalue weighted by Crippen LogP contribution is -2.45. The second-order valence-electron chi connectivity index (χ2n) is 7.89. The standard InChI is InChI=1S/C21H27N5O4S/c1-5-30-18(28)21(3,4)15-11-13(8-9-23-15)16-12(2)24-19(31-16)25-20(29)26-10-6-7-14(26)17(22)27/h8-9,11,14H,5-7,10H2,1-4H3,(H2,22,27)(H,24,25,29)/t14-/m0/s1. The predicted molar refractivity (Wildman–Crippen MR) is 118 cm³/mol. The van der Waals surface area contributed by atoms with Gasteiger partial charge in [0.2, 0.25) is 5.91 Å². The molecule has 3 N–H and O–H groups in total. The molecule has 166 valence electrons. The number of primary amides is 1. The van der Waals surface area contributed by atoms with Gasteiger partial charge in [0.25, 0.3) is 0 Å². The van der Waals surface area contributed by atoms with Crippen LogP contribution in [-0.2, 0) is 19.7 Å². The van der Waals surface area contributed by atoms with Crippen molar-refractivity contribution in [1.82, 2.24) is 14.9 Å². The molecule has 0 unspecified atom stereocenters. The lowest BCUT2D eigenvalue weighted by atomic mass is 9.88. The largest absolute Gasteiger partial charge is 0.465 e. The van der Waals surface area contributed by atoms with Crippen LogP contribution in [0.1, 0.15) is 45.0 Å². The molecule has 3 amide bonds. The van der Waals surface area contributed by atoms with Crippen LogP contribution in [-0.4, -0.2) is 52.0 Å². The van der Waals surface area contributed by atoms with Gasteiger partial charge in [0.15, 0.2) is 5.13 Å². The molecule has 9 nitrogen and oxygen atoms in total. The van der Waals surface area contributed by atoms with Crippen molar-refractivity contribution >= 4 is 34.4 Å². The minimum absolute atomic E-state index is 0.298. The fraction of sp³-hybridized carbons (Fsp3) is 0.476. The Bertz CT molecular complexity index is 1000. The molecule has 2 aromatic heterocycles. The Morgan fingerprint density at radius 1 is 1.39 bits per heavy atom. The van der Waals surface area contributed by atoms with Crippen molar-refractivity contribution in [3.05, 3.63) is 29.7 Å². The van der Waals surface area contributed by atoms with Crippen molar-refractivity contribution in [3.8, 4) is 10.4 Å². The maximum atomic E-state index is 12.6. The highest BCUT2D eigenvalue weighted by Gasteiger charge is 2.34. The first-order valence-corrected chi connectivity index (χ1v) is 10.9. The lowest BCUT2D eigenvalue weighted by molar-refractivity contribution is -0.149. The summed E-state index contributed by atoms with van der Waals surface area (Å²) < 4.78 is 5.18. The number of nitrogens with zero attached hydrogens (tertiary/aromatic N) is 3. The number of nitrogens with two attached hydrogens (primary N) is 1. The van der Waals surface area contributed by atoms with E-state index in [9.17, 15) is 14.4 Å². The van der Waals surface area contributed by atoms with Gasteiger partial charge in [0.05, 0.1) is 22.9 Å². The summed E-state index contributed by atoms with van der Waals surface area (Å²) in [5, 5.41) is 3.20. The number of amides is 3. The number of hydrogen-bond donors (Lipinski definition) is 2. The van der Waals surface area contributed by atoms with E-state index < -0.39 is 17.4 Å². The first-order valence-electron chi connectivity index (χ1n) is 10.1. The van der Waals surface area contributed by atoms with Crippen LogP contribution in [0.4, 0.5) is 9.93 Å². The summed E-state index contributed by atoms with van der Waals surface area (Å²) in [4.78, 5) is 47.7. The number of anilines is 1. The van der Waals surface area contributed by atoms with Gasteiger partial charge in [0.1, 0.15) is 11.5 Å². The summed E-state index contributed by atoms with van der Waals surface area (Å²) in [6, 6.07) is 2.70. The van der Waals surface area contributed by atoms with E-state index in [0.717, 1.165) is 22.6 Å². The molecule has 0 radical (unpaired) electrons. The van der Waals surface area contributed by atoms with Crippen molar-refractivity contribution in [3.63, 3.8) is 0 Å². The number of pyridine rings is 1. The third kappa shape index (κ3) is 4.68. The molecule has 3 rings (SSSR count). The van der Waals surface area contributed by atoms with Gasteiger partial charge < -0.3 is 15.4 Å². The Morgan fingerprint density at radius 2 is 2.13 bits per heavy atom. The number of carbonyl (C=O) groups excluding carboxylic acids is 3. The molecule has 2 aromatic rings. The molecule has 10 heteroatoms. The van der Waals surface area contributed by atoms with Crippen LogP contribution in [0.2, 0.25) is 0 Å². The molecule has 1 fully saturated rings. The van der Waals surface area contributed by atoms with Crippen molar-refractivity contribution < 1.29 is 19.1 Å². The Hall–Kier alpha value is -3.01. The fourth-order valence-corrected chi connectivity index (χ4v) is 4.47. The van der Waals surface area contributed by atoms with Crippen LogP contribution in [0.5, 0.6) is 0 Å². The first kappa shape index (κ1) is 22.7. The average Bonchev–Trinajstić information content (AvgIpc) is 3.35. The van der Waals surface area contributed by atoms with Crippen LogP contribution >= 0.6 is 11.3 Å². The molecule has 0 bridgehead atoms. The smallest absolute Gasteiger partial charge is 0.324 e. The summed E-state index contributed by atoms with van der Waals surface area (Å²) in [6.07, 6.45) is 2.95. The Kier molecular flexibility index (Phi) is 6.59. The van der Waals surface area contributed by atoms with Gasteiger partial charge in [-0.05, 0) is 58.2 Å². The molecule has 1 aliphatic heterocycles. The molecule has 1 aliphatic rings. The maximum Gasteiger partial charge on any atom is 0.324 e. The zero-order chi connectivity index (χ0) is 22.8. The minimum Gasteiger partial charge on any atom is -0.465 e. The third-order valence-electron chi connectivity index (χ3n) is 5.30. The second-order valence-corrected chi connectivity index (χ2v) is 8.89. The van der Waals surface area contributed by atoms with Crippen molar-refractivity contribution in [2.24, 2.45) is 5.73 Å². The van der Waals surface area contributed by atoms with Crippen LogP contribution in [0.15, 0.2) is 18.3 Å². The number of carbonyl (C=O) groups is 3. The molecular formula is C21H27N5O4S. The van der Waals surface area contributed by atoms with Gasteiger partial charge in [-0.1, -0.05) is 11.3 Å². The van der Waals surface area contributed by atoms with E-state index in [4.69, 9.17) is 10.5 Å². The minimum atomic E-state index is -0.902. The summed E-state index contributed by atoms with van der Waals surface area (Å²) >= 11 is 1.32. The molecule has 3 heterocycles. The molecular weight excluding hydrogens is 418 g/mol. The van der Waals surface area contributed by atoms with Crippen molar-refractivity contribution in [1.29, 1.82) is 0 Å². The van der Waals surface area contributed by atoms with Gasteiger partial charge >= 0.3 is 12.0 Å². The zero-order valence-corrected chi connectivity index (χ0v) is 18.9. The molecule has 31 heavy (non-hydrogen) atoms. The lowest BCUT2D eigenvalue weighted by Gasteiger charge is -2.22. The third-order valence-corrected chi connectivity index (χ3v) is 6.42. The van der Waals surface area contributed by atoms with Crippen LogP contribution < -0.4 is 11.1 Å². The molecule has 0 spiro atoms. The summed E-state index contributed by atoms with van der Waals surface area (Å²) in [5.41, 5.74) is 6.66. The summed E-state index contributed by atoms with van der Waals surface area (Å²) in [6.45, 7) is 7.93. The van der Waals surface area contributed by atoms with Crippen LogP contribution in [0.25, 0.3) is 10.4 Å². The molecule has 0 aliphatic carbocycles. The van der Waals surface area contributed by atoms with E-state index in [1.54, 1.807) is 27.0 Å². The molecule has 1 atom stereocenters. The van der Waals surface area contributed by atoms with Crippen LogP contribution in [0.3, 0.4) is 0 Å². The van der Waals surface area contributed by atoms with Gasteiger partial charge in [-0.2, -0.15) is 0 Å². The van der Waals surface area contributed by atoms with Gasteiger partial charge in [0, 0.05) is 12.7 Å². The number of likely N-dealkylation sites (tertiary alicyclic amines) is 1. The maximum absolute atomic E-state index is 12.6. The van der Waals surface area contributed by atoms with Gasteiger partial charge in [-0.25, -0.2) is 9.78 Å². The normalized spacial score (nSPS) is 16.3. The van der Waals surface area contributed by atoms with Gasteiger partial charge in [-0.3, -0.25) is 19.9 Å². The van der Waals surface area contributed by atoms with Crippen LogP contribution in [0, 0.1) is 6.92 Å². The number of esters is 1. The Balaban J connectivity index is 1.82. The Labute approximate surface area is 185 Å². The number of thiazole rings is 1. The molecule has 0 aromatic carbocycles. The Morgan fingerprint density at radius 3 is 2.81 bits per heavy atom. The highest BCUT2D eigenvalue weighted by Crippen LogP contribution is 2.35. The number of hydrogen-bond acceptors (Lipinski definition) is 7. The topological polar surface area (TPSA) is 128 Å². The molecule has 0 saturated carbocycles. The van der Waals surface area contributed by atoms with E-state index in [1.807, 2.05) is 19.1 Å². The SMILES string of the molecule is CCOC(=O)C(C)(C)c1cc(-c2sc(NC(=O)N3CCC[C@H]3C(N)=O)nc2C)ccn1. The average molecular weight is 446 g/mol. The highest BCUT2D eigenvalue weighted by atomic mass is 32.1. The number of nitrogens with one attached hydrogen (secondary N) is 1. The monoisotopic (exact) mass is 445 g/mol. The number of aromatic nitrogens is 2. The number of aryl methyl sites for hydroxylation is 1. The van der Waals surface area contributed by atoms with E-state index in [0.29, 0.717) is 30.4 Å². The molecule has 1 saturated heterocycles. The fourth-order valence-electron chi connectivity index (χ4n) is 3.52. The van der Waals surface area contributed by atoms with Crippen molar-refractivity contribution in [2.45, 2.75) is 52.0 Å². The highest BCUT2D eigenvalue weighted by molar-refractivity contribution is 7.19. The number of ether oxygens (including phenoxy) is 1. The summed E-state index contributed by atoms with van der Waals surface area (Å²) in [7, 11) is 0. The van der Waals surface area contributed by atoms with E-state index in [2.05, 4.69) is 15.3 Å². The van der Waals surface area contributed by atoms with Crippen molar-refractivity contribution in [2.75, 3.05) is 18.5 Å². The predicted octanol–water partition coefficient (Wildman–Crippen LogP) is 2.84. The quantitative estimate of drug-likeness (QED) is 0.658. The number of rotatable bonds is 6. The number of urea groups is 1. The van der Waals surface area contributed by atoms with Gasteiger partial charge in [-0.15, -0.1) is 0 Å². The van der Waals surface area contributed by atoms with E-state index >= 15 is 0 Å².